The van der Waals surface area contributed by atoms with Gasteiger partial charge in [0.15, 0.2) is 0 Å². The average molecular weight is 238 g/mol. The van der Waals surface area contributed by atoms with Gasteiger partial charge in [0, 0.05) is 5.56 Å². The molecule has 0 radical (unpaired) electrons. The predicted molar refractivity (Wildman–Crippen MR) is 68.2 cm³/mol. The number of benzene rings is 1. The number of aliphatic hydroxyl groups excluding tert-OH is 1. The van der Waals surface area contributed by atoms with Crippen molar-refractivity contribution in [3.63, 3.8) is 0 Å². The highest BCUT2D eigenvalue weighted by Gasteiger charge is 2.09. The Hall–Kier alpha value is -1.06. The quantitative estimate of drug-likeness (QED) is 0.827. The van der Waals surface area contributed by atoms with Gasteiger partial charge in [0.1, 0.15) is 5.75 Å². The van der Waals surface area contributed by atoms with E-state index in [4.69, 9.17) is 9.47 Å². The summed E-state index contributed by atoms with van der Waals surface area (Å²) in [4.78, 5) is 0. The molecule has 0 aliphatic rings. The van der Waals surface area contributed by atoms with E-state index in [1.165, 1.54) is 0 Å². The van der Waals surface area contributed by atoms with Crippen molar-refractivity contribution < 1.29 is 14.6 Å². The van der Waals surface area contributed by atoms with E-state index >= 15 is 0 Å². The highest BCUT2D eigenvalue weighted by Crippen LogP contribution is 2.24. The van der Waals surface area contributed by atoms with Crippen LogP contribution in [0.5, 0.6) is 5.75 Å². The van der Waals surface area contributed by atoms with Crippen LogP contribution < -0.4 is 4.74 Å². The summed E-state index contributed by atoms with van der Waals surface area (Å²) in [5, 5.41) is 9.55. The van der Waals surface area contributed by atoms with Crippen molar-refractivity contribution in [1.82, 2.24) is 0 Å². The van der Waals surface area contributed by atoms with Gasteiger partial charge in [0.25, 0.3) is 0 Å². The number of rotatable bonds is 6. The first-order valence-electron chi connectivity index (χ1n) is 6.05. The molecule has 96 valence electrons. The summed E-state index contributed by atoms with van der Waals surface area (Å²) in [7, 11) is 1.64. The first-order valence-corrected chi connectivity index (χ1v) is 6.05. The maximum absolute atomic E-state index is 9.55. The molecule has 0 fully saturated rings. The van der Waals surface area contributed by atoms with Gasteiger partial charge in [-0.2, -0.15) is 0 Å². The van der Waals surface area contributed by atoms with Crippen molar-refractivity contribution in [3.05, 3.63) is 29.3 Å². The predicted octanol–water partition coefficient (Wildman–Crippen LogP) is 3.06. The normalized spacial score (nSPS) is 14.4. The molecule has 1 aromatic carbocycles. The average Bonchev–Trinajstić information content (AvgIpc) is 2.35. The Bertz CT molecular complexity index is 347. The molecule has 1 N–H and O–H groups in total. The first-order chi connectivity index (χ1) is 8.08. The highest BCUT2D eigenvalue weighted by molar-refractivity contribution is 5.37. The SMILES string of the molecule is CCC(C)OCc1cc(C(C)O)ccc1OC. The zero-order valence-electron chi connectivity index (χ0n) is 11.1. The second-order valence-corrected chi connectivity index (χ2v) is 4.28. The lowest BCUT2D eigenvalue weighted by molar-refractivity contribution is 0.0496. The molecule has 2 atom stereocenters. The maximum Gasteiger partial charge on any atom is 0.124 e. The number of hydrogen-bond acceptors (Lipinski definition) is 3. The third kappa shape index (κ3) is 4.02. The van der Waals surface area contributed by atoms with Crippen LogP contribution in [0.15, 0.2) is 18.2 Å². The van der Waals surface area contributed by atoms with Crippen LogP contribution >= 0.6 is 0 Å². The van der Waals surface area contributed by atoms with Crippen LogP contribution in [0.1, 0.15) is 44.4 Å². The topological polar surface area (TPSA) is 38.7 Å². The van der Waals surface area contributed by atoms with Crippen molar-refractivity contribution in [3.8, 4) is 5.75 Å². The van der Waals surface area contributed by atoms with E-state index in [2.05, 4.69) is 6.92 Å². The molecule has 0 heterocycles. The van der Waals surface area contributed by atoms with Gasteiger partial charge in [-0.15, -0.1) is 0 Å². The van der Waals surface area contributed by atoms with Crippen LogP contribution in [0.4, 0.5) is 0 Å². The molecule has 3 nitrogen and oxygen atoms in total. The Morgan fingerprint density at radius 2 is 2.00 bits per heavy atom. The smallest absolute Gasteiger partial charge is 0.124 e. The van der Waals surface area contributed by atoms with Gasteiger partial charge in [-0.1, -0.05) is 13.0 Å². The van der Waals surface area contributed by atoms with Crippen LogP contribution in [0, 0.1) is 0 Å². The summed E-state index contributed by atoms with van der Waals surface area (Å²) in [5.41, 5.74) is 1.86. The fourth-order valence-corrected chi connectivity index (χ4v) is 1.52. The second kappa shape index (κ2) is 6.62. The molecule has 1 rings (SSSR count). The van der Waals surface area contributed by atoms with E-state index in [1.807, 2.05) is 25.1 Å². The van der Waals surface area contributed by atoms with E-state index in [-0.39, 0.29) is 6.10 Å². The molecular formula is C14H22O3. The summed E-state index contributed by atoms with van der Waals surface area (Å²) in [5.74, 6) is 0.803. The van der Waals surface area contributed by atoms with Crippen LogP contribution in [0.25, 0.3) is 0 Å². The molecule has 17 heavy (non-hydrogen) atoms. The molecule has 0 aliphatic heterocycles. The minimum Gasteiger partial charge on any atom is -0.496 e. The molecule has 3 heteroatoms. The van der Waals surface area contributed by atoms with Crippen LogP contribution in [-0.4, -0.2) is 18.3 Å². The zero-order valence-corrected chi connectivity index (χ0v) is 11.1. The second-order valence-electron chi connectivity index (χ2n) is 4.28. The minimum atomic E-state index is -0.469. The van der Waals surface area contributed by atoms with Crippen molar-refractivity contribution in [1.29, 1.82) is 0 Å². The van der Waals surface area contributed by atoms with E-state index in [1.54, 1.807) is 14.0 Å². The highest BCUT2D eigenvalue weighted by atomic mass is 16.5. The van der Waals surface area contributed by atoms with Gasteiger partial charge in [-0.3, -0.25) is 0 Å². The fourth-order valence-electron chi connectivity index (χ4n) is 1.52. The third-order valence-electron chi connectivity index (χ3n) is 2.89. The third-order valence-corrected chi connectivity index (χ3v) is 2.89. The molecule has 0 amide bonds. The molecule has 0 bridgehead atoms. The summed E-state index contributed by atoms with van der Waals surface area (Å²) in [6.07, 6.45) is 0.747. The van der Waals surface area contributed by atoms with Crippen LogP contribution in [0.2, 0.25) is 0 Å². The lowest BCUT2D eigenvalue weighted by Crippen LogP contribution is -2.07. The van der Waals surface area contributed by atoms with Crippen molar-refractivity contribution in [2.24, 2.45) is 0 Å². The van der Waals surface area contributed by atoms with Gasteiger partial charge in [-0.05, 0) is 38.0 Å². The van der Waals surface area contributed by atoms with E-state index in [9.17, 15) is 5.11 Å². The van der Waals surface area contributed by atoms with Crippen LogP contribution in [0.3, 0.4) is 0 Å². The molecule has 0 saturated carbocycles. The van der Waals surface area contributed by atoms with Gasteiger partial charge in [0.2, 0.25) is 0 Å². The Morgan fingerprint density at radius 1 is 1.29 bits per heavy atom. The Kier molecular flexibility index (Phi) is 5.45. The Labute approximate surface area is 103 Å². The maximum atomic E-state index is 9.55. The molecule has 0 spiro atoms. The van der Waals surface area contributed by atoms with Crippen LogP contribution in [-0.2, 0) is 11.3 Å². The molecule has 1 aromatic rings. The monoisotopic (exact) mass is 238 g/mol. The number of aliphatic hydroxyl groups is 1. The standard InChI is InChI=1S/C14H22O3/c1-5-10(2)17-9-13-8-12(11(3)15)6-7-14(13)16-4/h6-8,10-11,15H,5,9H2,1-4H3. The minimum absolute atomic E-state index is 0.231. The van der Waals surface area contributed by atoms with E-state index in [0.717, 1.165) is 23.3 Å². The Morgan fingerprint density at radius 3 is 2.53 bits per heavy atom. The van der Waals surface area contributed by atoms with Gasteiger partial charge in [-0.25, -0.2) is 0 Å². The molecule has 0 saturated heterocycles. The molecule has 0 aromatic heterocycles. The summed E-state index contributed by atoms with van der Waals surface area (Å²) in [6.45, 7) is 6.40. The van der Waals surface area contributed by atoms with E-state index in [0.29, 0.717) is 6.61 Å². The lowest BCUT2D eigenvalue weighted by Gasteiger charge is -2.15. The van der Waals surface area contributed by atoms with Gasteiger partial charge >= 0.3 is 0 Å². The first kappa shape index (κ1) is 14.0. The number of hydrogen-bond donors (Lipinski definition) is 1. The van der Waals surface area contributed by atoms with E-state index < -0.39 is 6.10 Å². The molecular weight excluding hydrogens is 216 g/mol. The fraction of sp³-hybridized carbons (Fsp3) is 0.571. The summed E-state index contributed by atoms with van der Waals surface area (Å²) in [6, 6.07) is 5.68. The van der Waals surface area contributed by atoms with Gasteiger partial charge < -0.3 is 14.6 Å². The number of methoxy groups -OCH3 is 1. The van der Waals surface area contributed by atoms with Crippen molar-refractivity contribution in [2.75, 3.05) is 7.11 Å². The zero-order chi connectivity index (χ0) is 12.8. The molecule has 0 aliphatic carbocycles. The van der Waals surface area contributed by atoms with Crippen molar-refractivity contribution >= 4 is 0 Å². The Balaban J connectivity index is 2.82. The van der Waals surface area contributed by atoms with Gasteiger partial charge in [0.05, 0.1) is 25.9 Å². The lowest BCUT2D eigenvalue weighted by atomic mass is 10.1. The van der Waals surface area contributed by atoms with Crippen molar-refractivity contribution in [2.45, 2.75) is 46.0 Å². The summed E-state index contributed by atoms with van der Waals surface area (Å²) >= 11 is 0. The largest absolute Gasteiger partial charge is 0.496 e. The number of ether oxygens (including phenoxy) is 2. The summed E-state index contributed by atoms with van der Waals surface area (Å²) < 4.78 is 11.0. The molecule has 2 unspecified atom stereocenters.